The van der Waals surface area contributed by atoms with Gasteiger partial charge in [0.2, 0.25) is 0 Å². The van der Waals surface area contributed by atoms with Crippen molar-refractivity contribution in [1.29, 1.82) is 0 Å². The van der Waals surface area contributed by atoms with Gasteiger partial charge in [-0.25, -0.2) is 4.79 Å². The molecule has 0 atom stereocenters. The fraction of sp³-hybridized carbons (Fsp3) is 0.917. The van der Waals surface area contributed by atoms with Crippen LogP contribution in [0.1, 0.15) is 39.5 Å². The zero-order valence-electron chi connectivity index (χ0n) is 10.4. The van der Waals surface area contributed by atoms with Gasteiger partial charge < -0.3 is 15.7 Å². The molecule has 94 valence electrons. The molecule has 0 heterocycles. The third-order valence-electron chi connectivity index (χ3n) is 3.47. The lowest BCUT2D eigenvalue weighted by Crippen LogP contribution is -2.34. The van der Waals surface area contributed by atoms with Crippen LogP contribution in [0, 0.1) is 11.3 Å². The van der Waals surface area contributed by atoms with Gasteiger partial charge >= 0.3 is 6.09 Å². The van der Waals surface area contributed by atoms with Crippen LogP contribution in [0.25, 0.3) is 0 Å². The molecule has 0 aromatic rings. The maximum Gasteiger partial charge on any atom is 0.404 e. The van der Waals surface area contributed by atoms with Gasteiger partial charge in [0.25, 0.3) is 0 Å². The highest BCUT2D eigenvalue weighted by Crippen LogP contribution is 2.37. The highest BCUT2D eigenvalue weighted by Gasteiger charge is 2.26. The van der Waals surface area contributed by atoms with E-state index in [0.717, 1.165) is 19.0 Å². The van der Waals surface area contributed by atoms with Gasteiger partial charge in [0.05, 0.1) is 0 Å². The summed E-state index contributed by atoms with van der Waals surface area (Å²) in [6.45, 7) is 6.93. The molecule has 0 saturated heterocycles. The molecule has 1 aliphatic rings. The van der Waals surface area contributed by atoms with Crippen LogP contribution in [0.5, 0.6) is 0 Å². The van der Waals surface area contributed by atoms with E-state index in [1.807, 2.05) is 0 Å². The van der Waals surface area contributed by atoms with Crippen LogP contribution >= 0.6 is 0 Å². The monoisotopic (exact) mass is 228 g/mol. The molecule has 0 aromatic carbocycles. The van der Waals surface area contributed by atoms with E-state index in [1.165, 1.54) is 25.7 Å². The molecule has 3 N–H and O–H groups in total. The van der Waals surface area contributed by atoms with Crippen LogP contribution in [0.3, 0.4) is 0 Å². The van der Waals surface area contributed by atoms with E-state index in [4.69, 9.17) is 5.11 Å². The molecule has 0 bridgehead atoms. The second kappa shape index (κ2) is 6.09. The van der Waals surface area contributed by atoms with Crippen molar-refractivity contribution in [3.63, 3.8) is 0 Å². The van der Waals surface area contributed by atoms with Crippen LogP contribution in [0.15, 0.2) is 0 Å². The van der Waals surface area contributed by atoms with Gasteiger partial charge in [0.1, 0.15) is 0 Å². The van der Waals surface area contributed by atoms with Crippen molar-refractivity contribution in [3.8, 4) is 0 Å². The van der Waals surface area contributed by atoms with E-state index in [0.29, 0.717) is 12.0 Å². The SMILES string of the molecule is CC1(C)CCC(CNCCNC(=O)O)CC1. The lowest BCUT2D eigenvalue weighted by molar-refractivity contribution is 0.187. The minimum Gasteiger partial charge on any atom is -0.465 e. The first-order chi connectivity index (χ1) is 7.49. The molecule has 0 aliphatic heterocycles. The van der Waals surface area contributed by atoms with E-state index in [2.05, 4.69) is 24.5 Å². The Hall–Kier alpha value is -0.770. The van der Waals surface area contributed by atoms with Crippen molar-refractivity contribution in [3.05, 3.63) is 0 Å². The van der Waals surface area contributed by atoms with Crippen molar-refractivity contribution in [2.75, 3.05) is 19.6 Å². The van der Waals surface area contributed by atoms with Crippen molar-refractivity contribution >= 4 is 6.09 Å². The normalized spacial score (nSPS) is 20.6. The number of hydrogen-bond acceptors (Lipinski definition) is 2. The smallest absolute Gasteiger partial charge is 0.404 e. The minimum atomic E-state index is -0.943. The number of hydrogen-bond donors (Lipinski definition) is 3. The predicted molar refractivity (Wildman–Crippen MR) is 64.6 cm³/mol. The van der Waals surface area contributed by atoms with Gasteiger partial charge in [0.15, 0.2) is 0 Å². The number of carbonyl (C=O) groups is 1. The molecule has 1 aliphatic carbocycles. The molecule has 0 aromatic heterocycles. The zero-order valence-corrected chi connectivity index (χ0v) is 10.4. The van der Waals surface area contributed by atoms with Crippen LogP contribution in [-0.4, -0.2) is 30.8 Å². The standard InChI is InChI=1S/C12H24N2O2/c1-12(2)5-3-10(4-6-12)9-13-7-8-14-11(15)16/h10,13-14H,3-9H2,1-2H3,(H,15,16). The summed E-state index contributed by atoms with van der Waals surface area (Å²) in [5, 5.41) is 14.0. The number of rotatable bonds is 5. The van der Waals surface area contributed by atoms with E-state index < -0.39 is 6.09 Å². The first kappa shape index (κ1) is 13.3. The Morgan fingerprint density at radius 3 is 2.50 bits per heavy atom. The minimum absolute atomic E-state index is 0.494. The first-order valence-corrected chi connectivity index (χ1v) is 6.17. The van der Waals surface area contributed by atoms with Crippen LogP contribution < -0.4 is 10.6 Å². The van der Waals surface area contributed by atoms with E-state index in [9.17, 15) is 4.79 Å². The number of carboxylic acid groups (broad SMARTS) is 1. The summed E-state index contributed by atoms with van der Waals surface area (Å²) in [4.78, 5) is 10.2. The van der Waals surface area contributed by atoms with E-state index >= 15 is 0 Å². The largest absolute Gasteiger partial charge is 0.465 e. The zero-order chi connectivity index (χ0) is 12.0. The Morgan fingerprint density at radius 1 is 1.31 bits per heavy atom. The molecule has 4 nitrogen and oxygen atoms in total. The van der Waals surface area contributed by atoms with Crippen LogP contribution in [0.2, 0.25) is 0 Å². The molecule has 1 fully saturated rings. The van der Waals surface area contributed by atoms with Crippen molar-refractivity contribution in [2.24, 2.45) is 11.3 Å². The molecule has 4 heteroatoms. The Morgan fingerprint density at radius 2 is 1.94 bits per heavy atom. The third-order valence-corrected chi connectivity index (χ3v) is 3.47. The van der Waals surface area contributed by atoms with Gasteiger partial charge in [-0.1, -0.05) is 13.8 Å². The fourth-order valence-corrected chi connectivity index (χ4v) is 2.23. The molecule has 1 rings (SSSR count). The summed E-state index contributed by atoms with van der Waals surface area (Å²) >= 11 is 0. The maximum atomic E-state index is 10.2. The summed E-state index contributed by atoms with van der Waals surface area (Å²) in [6, 6.07) is 0. The average Bonchev–Trinajstić information content (AvgIpc) is 2.19. The summed E-state index contributed by atoms with van der Waals surface area (Å²) < 4.78 is 0. The average molecular weight is 228 g/mol. The Labute approximate surface area is 97.8 Å². The highest BCUT2D eigenvalue weighted by atomic mass is 16.4. The highest BCUT2D eigenvalue weighted by molar-refractivity contribution is 5.64. The maximum absolute atomic E-state index is 10.2. The quantitative estimate of drug-likeness (QED) is 0.631. The number of amides is 1. The van der Waals surface area contributed by atoms with Gasteiger partial charge in [-0.05, 0) is 43.6 Å². The lowest BCUT2D eigenvalue weighted by atomic mass is 9.73. The van der Waals surface area contributed by atoms with Crippen molar-refractivity contribution < 1.29 is 9.90 Å². The molecule has 0 spiro atoms. The first-order valence-electron chi connectivity index (χ1n) is 6.17. The summed E-state index contributed by atoms with van der Waals surface area (Å²) in [6.07, 6.45) is 4.28. The Bertz CT molecular complexity index is 219. The molecule has 1 amide bonds. The van der Waals surface area contributed by atoms with E-state index in [1.54, 1.807) is 0 Å². The summed E-state index contributed by atoms with van der Waals surface area (Å²) in [5.41, 5.74) is 0.529. The van der Waals surface area contributed by atoms with Gasteiger partial charge in [-0.3, -0.25) is 0 Å². The van der Waals surface area contributed by atoms with E-state index in [-0.39, 0.29) is 0 Å². The second-order valence-corrected chi connectivity index (χ2v) is 5.54. The molecule has 0 unspecified atom stereocenters. The molecule has 1 saturated carbocycles. The Balaban J connectivity index is 2.00. The third kappa shape index (κ3) is 5.35. The summed E-state index contributed by atoms with van der Waals surface area (Å²) in [5.74, 6) is 0.776. The molecular formula is C12H24N2O2. The fourth-order valence-electron chi connectivity index (χ4n) is 2.23. The number of nitrogens with one attached hydrogen (secondary N) is 2. The van der Waals surface area contributed by atoms with Gasteiger partial charge in [-0.2, -0.15) is 0 Å². The van der Waals surface area contributed by atoms with Crippen LogP contribution in [-0.2, 0) is 0 Å². The van der Waals surface area contributed by atoms with Crippen molar-refractivity contribution in [1.82, 2.24) is 10.6 Å². The van der Waals surface area contributed by atoms with Gasteiger partial charge in [-0.15, -0.1) is 0 Å². The van der Waals surface area contributed by atoms with Gasteiger partial charge in [0, 0.05) is 13.1 Å². The predicted octanol–water partition coefficient (Wildman–Crippen LogP) is 2.06. The lowest BCUT2D eigenvalue weighted by Gasteiger charge is -2.34. The second-order valence-electron chi connectivity index (χ2n) is 5.54. The van der Waals surface area contributed by atoms with Crippen molar-refractivity contribution in [2.45, 2.75) is 39.5 Å². The molecule has 16 heavy (non-hydrogen) atoms. The van der Waals surface area contributed by atoms with Crippen LogP contribution in [0.4, 0.5) is 4.79 Å². The topological polar surface area (TPSA) is 61.4 Å². The Kier molecular flexibility index (Phi) is 5.06. The molecular weight excluding hydrogens is 204 g/mol. The molecule has 0 radical (unpaired) electrons. The summed E-state index contributed by atoms with van der Waals surface area (Å²) in [7, 11) is 0.